The predicted octanol–water partition coefficient (Wildman–Crippen LogP) is 1.39. The molecule has 1 aliphatic rings. The summed E-state index contributed by atoms with van der Waals surface area (Å²) in [4.78, 5) is 11.3. The predicted molar refractivity (Wildman–Crippen MR) is 62.6 cm³/mol. The number of rotatable bonds is 3. The molecular formula is C12H15FN2O2. The summed E-state index contributed by atoms with van der Waals surface area (Å²) < 4.78 is 18.8. The van der Waals surface area contributed by atoms with E-state index in [0.717, 1.165) is 13.0 Å². The molecule has 5 heteroatoms. The van der Waals surface area contributed by atoms with E-state index < -0.39 is 11.7 Å². The molecule has 92 valence electrons. The number of carbonyl (C=O) groups excluding carboxylic acids is 1. The van der Waals surface area contributed by atoms with Crippen molar-refractivity contribution in [3.05, 3.63) is 29.6 Å². The molecule has 0 aliphatic carbocycles. The molecule has 2 N–H and O–H groups in total. The first kappa shape index (κ1) is 11.9. The van der Waals surface area contributed by atoms with Crippen molar-refractivity contribution < 1.29 is 13.9 Å². The fourth-order valence-corrected chi connectivity index (χ4v) is 1.81. The second-order valence-electron chi connectivity index (χ2n) is 3.98. The Kier molecular flexibility index (Phi) is 3.58. The summed E-state index contributed by atoms with van der Waals surface area (Å²) >= 11 is 0. The van der Waals surface area contributed by atoms with E-state index in [4.69, 9.17) is 4.74 Å². The Morgan fingerprint density at radius 2 is 2.35 bits per heavy atom. The first-order chi connectivity index (χ1) is 8.20. The smallest absolute Gasteiger partial charge is 0.253 e. The molecule has 1 saturated heterocycles. The number of nitrogens with one attached hydrogen (secondary N) is 2. The highest BCUT2D eigenvalue weighted by Gasteiger charge is 2.16. The van der Waals surface area contributed by atoms with Crippen LogP contribution in [0.1, 0.15) is 16.8 Å². The quantitative estimate of drug-likeness (QED) is 0.836. The molecule has 17 heavy (non-hydrogen) atoms. The summed E-state index contributed by atoms with van der Waals surface area (Å²) in [6, 6.07) is 4.74. The van der Waals surface area contributed by atoms with Gasteiger partial charge in [0.1, 0.15) is 5.82 Å². The average Bonchev–Trinajstić information content (AvgIpc) is 2.81. The van der Waals surface area contributed by atoms with Crippen molar-refractivity contribution in [3.8, 4) is 0 Å². The van der Waals surface area contributed by atoms with Gasteiger partial charge >= 0.3 is 0 Å². The van der Waals surface area contributed by atoms with Gasteiger partial charge in [0.05, 0.1) is 18.2 Å². The van der Waals surface area contributed by atoms with Crippen molar-refractivity contribution in [2.45, 2.75) is 12.5 Å². The van der Waals surface area contributed by atoms with Crippen LogP contribution < -0.4 is 10.6 Å². The van der Waals surface area contributed by atoms with Crippen molar-refractivity contribution in [1.82, 2.24) is 5.32 Å². The number of hydrogen-bond acceptors (Lipinski definition) is 3. The minimum atomic E-state index is -0.520. The fourth-order valence-electron chi connectivity index (χ4n) is 1.81. The van der Waals surface area contributed by atoms with Gasteiger partial charge in [-0.15, -0.1) is 0 Å². The number of amides is 1. The molecule has 4 nitrogen and oxygen atoms in total. The van der Waals surface area contributed by atoms with Crippen molar-refractivity contribution in [2.75, 3.05) is 25.6 Å². The largest absolute Gasteiger partial charge is 0.380 e. The highest BCUT2D eigenvalue weighted by molar-refractivity contribution is 5.94. The van der Waals surface area contributed by atoms with Gasteiger partial charge in [0, 0.05) is 19.3 Å². The Labute approximate surface area is 99.2 Å². The number of carbonyl (C=O) groups is 1. The standard InChI is InChI=1S/C12H15FN2O2/c1-14-12(16)10-3-2-8(6-11(10)13)15-9-4-5-17-7-9/h2-3,6,9,15H,4-5,7H2,1H3,(H,14,16)/t9-/m1/s1. The van der Waals surface area contributed by atoms with E-state index in [-0.39, 0.29) is 11.6 Å². The summed E-state index contributed by atoms with van der Waals surface area (Å²) in [5, 5.41) is 5.56. The van der Waals surface area contributed by atoms with Crippen molar-refractivity contribution in [2.24, 2.45) is 0 Å². The molecule has 1 heterocycles. The van der Waals surface area contributed by atoms with Crippen molar-refractivity contribution in [1.29, 1.82) is 0 Å². The van der Waals surface area contributed by atoms with Crippen LogP contribution >= 0.6 is 0 Å². The fraction of sp³-hybridized carbons (Fsp3) is 0.417. The van der Waals surface area contributed by atoms with Gasteiger partial charge in [-0.25, -0.2) is 4.39 Å². The molecule has 0 bridgehead atoms. The van der Waals surface area contributed by atoms with Gasteiger partial charge < -0.3 is 15.4 Å². The summed E-state index contributed by atoms with van der Waals surface area (Å²) in [7, 11) is 1.48. The number of ether oxygens (including phenoxy) is 1. The van der Waals surface area contributed by atoms with E-state index in [1.807, 2.05) is 0 Å². The van der Waals surface area contributed by atoms with Crippen LogP contribution in [0.2, 0.25) is 0 Å². The maximum atomic E-state index is 13.6. The van der Waals surface area contributed by atoms with Crippen molar-refractivity contribution in [3.63, 3.8) is 0 Å². The third-order valence-corrected chi connectivity index (χ3v) is 2.74. The van der Waals surface area contributed by atoms with E-state index in [2.05, 4.69) is 10.6 Å². The topological polar surface area (TPSA) is 50.4 Å². The molecule has 0 spiro atoms. The van der Waals surface area contributed by atoms with Gasteiger partial charge in [0.25, 0.3) is 5.91 Å². The van der Waals surface area contributed by atoms with E-state index in [0.29, 0.717) is 12.3 Å². The Hall–Kier alpha value is -1.62. The monoisotopic (exact) mass is 238 g/mol. The Balaban J connectivity index is 2.10. The molecule has 0 saturated carbocycles. The van der Waals surface area contributed by atoms with Crippen LogP contribution in [0.5, 0.6) is 0 Å². The third kappa shape index (κ3) is 2.74. The van der Waals surface area contributed by atoms with Crippen LogP contribution in [0.25, 0.3) is 0 Å². The lowest BCUT2D eigenvalue weighted by atomic mass is 10.1. The summed E-state index contributed by atoms with van der Waals surface area (Å²) in [6.45, 7) is 1.37. The highest BCUT2D eigenvalue weighted by atomic mass is 19.1. The third-order valence-electron chi connectivity index (χ3n) is 2.74. The Morgan fingerprint density at radius 3 is 2.94 bits per heavy atom. The summed E-state index contributed by atoms with van der Waals surface area (Å²) in [5.41, 5.74) is 0.728. The number of halogens is 1. The second-order valence-corrected chi connectivity index (χ2v) is 3.98. The number of benzene rings is 1. The maximum absolute atomic E-state index is 13.6. The van der Waals surface area contributed by atoms with Crippen LogP contribution in [0.15, 0.2) is 18.2 Å². The second kappa shape index (κ2) is 5.14. The lowest BCUT2D eigenvalue weighted by molar-refractivity contribution is 0.0959. The van der Waals surface area contributed by atoms with Crippen LogP contribution in [-0.2, 0) is 4.74 Å². The maximum Gasteiger partial charge on any atom is 0.253 e. The van der Waals surface area contributed by atoms with Gasteiger partial charge in [0.15, 0.2) is 0 Å². The molecule has 1 aromatic rings. The molecule has 1 atom stereocenters. The van der Waals surface area contributed by atoms with Gasteiger partial charge in [-0.3, -0.25) is 4.79 Å². The lowest BCUT2D eigenvalue weighted by Crippen LogP contribution is -2.21. The molecule has 0 radical (unpaired) electrons. The SMILES string of the molecule is CNC(=O)c1ccc(N[C@@H]2CCOC2)cc1F. The lowest BCUT2D eigenvalue weighted by Gasteiger charge is -2.12. The van der Waals surface area contributed by atoms with Gasteiger partial charge in [-0.1, -0.05) is 0 Å². The Morgan fingerprint density at radius 1 is 1.53 bits per heavy atom. The zero-order chi connectivity index (χ0) is 12.3. The van der Waals surface area contributed by atoms with Gasteiger partial charge in [0.2, 0.25) is 0 Å². The van der Waals surface area contributed by atoms with Crippen LogP contribution in [0.4, 0.5) is 10.1 Å². The molecule has 2 rings (SSSR count). The first-order valence-corrected chi connectivity index (χ1v) is 5.56. The minimum absolute atomic E-state index is 0.0562. The average molecular weight is 238 g/mol. The molecule has 0 aromatic heterocycles. The van der Waals surface area contributed by atoms with Crippen LogP contribution in [0.3, 0.4) is 0 Å². The van der Waals surface area contributed by atoms with E-state index in [1.54, 1.807) is 6.07 Å². The first-order valence-electron chi connectivity index (χ1n) is 5.56. The molecule has 1 amide bonds. The minimum Gasteiger partial charge on any atom is -0.380 e. The van der Waals surface area contributed by atoms with E-state index in [9.17, 15) is 9.18 Å². The van der Waals surface area contributed by atoms with Gasteiger partial charge in [-0.05, 0) is 24.6 Å². The molecule has 0 unspecified atom stereocenters. The molecule has 1 fully saturated rings. The van der Waals surface area contributed by atoms with Crippen molar-refractivity contribution >= 4 is 11.6 Å². The van der Waals surface area contributed by atoms with Gasteiger partial charge in [-0.2, -0.15) is 0 Å². The van der Waals surface area contributed by atoms with Crippen LogP contribution in [0, 0.1) is 5.82 Å². The van der Waals surface area contributed by atoms with E-state index in [1.165, 1.54) is 19.2 Å². The van der Waals surface area contributed by atoms with E-state index >= 15 is 0 Å². The number of anilines is 1. The van der Waals surface area contributed by atoms with Crippen LogP contribution in [-0.4, -0.2) is 32.2 Å². The molecular weight excluding hydrogens is 223 g/mol. The number of hydrogen-bond donors (Lipinski definition) is 2. The zero-order valence-electron chi connectivity index (χ0n) is 9.63. The zero-order valence-corrected chi connectivity index (χ0v) is 9.63. The summed E-state index contributed by atoms with van der Waals surface area (Å²) in [6.07, 6.45) is 0.915. The normalized spacial score (nSPS) is 19.1. The molecule has 1 aromatic carbocycles. The molecule has 1 aliphatic heterocycles. The Bertz CT molecular complexity index is 417. The summed E-state index contributed by atoms with van der Waals surface area (Å²) in [5.74, 6) is -0.938. The highest BCUT2D eigenvalue weighted by Crippen LogP contribution is 2.17.